The second-order valence-electron chi connectivity index (χ2n) is 5.56. The lowest BCUT2D eigenvalue weighted by Crippen LogP contribution is -2.53. The number of morpholine rings is 1. The van der Waals surface area contributed by atoms with Crippen LogP contribution < -0.4 is 5.32 Å². The molecule has 2 aliphatic heterocycles. The maximum atomic E-state index is 12.5. The Balaban J connectivity index is 1.97. The summed E-state index contributed by atoms with van der Waals surface area (Å²) in [4.78, 5) is 14.5. The van der Waals surface area contributed by atoms with Gasteiger partial charge in [0.25, 0.3) is 0 Å². The molecule has 2 saturated heterocycles. The number of ether oxygens (including phenoxy) is 1. The third-order valence-electron chi connectivity index (χ3n) is 3.86. The van der Waals surface area contributed by atoms with Gasteiger partial charge in [-0.05, 0) is 40.2 Å². The van der Waals surface area contributed by atoms with Crippen LogP contribution in [0.3, 0.4) is 0 Å². The Kier molecular flexibility index (Phi) is 4.05. The summed E-state index contributed by atoms with van der Waals surface area (Å²) in [6.07, 6.45) is 2.12. The van der Waals surface area contributed by atoms with E-state index < -0.39 is 0 Å². The molecule has 0 aromatic carbocycles. The van der Waals surface area contributed by atoms with Crippen molar-refractivity contribution >= 4 is 5.91 Å². The van der Waals surface area contributed by atoms with E-state index in [0.717, 1.165) is 25.9 Å². The molecule has 4 atom stereocenters. The number of hydrogen-bond acceptors (Lipinski definition) is 3. The van der Waals surface area contributed by atoms with Crippen LogP contribution in [0.15, 0.2) is 0 Å². The third kappa shape index (κ3) is 2.99. The second-order valence-corrected chi connectivity index (χ2v) is 5.56. The van der Waals surface area contributed by atoms with Crippen molar-refractivity contribution in [3.8, 4) is 0 Å². The van der Waals surface area contributed by atoms with Crippen molar-refractivity contribution in [3.05, 3.63) is 0 Å². The summed E-state index contributed by atoms with van der Waals surface area (Å²) in [5.41, 5.74) is 0. The molecule has 0 bridgehead atoms. The first-order valence-electron chi connectivity index (χ1n) is 6.73. The molecule has 4 heteroatoms. The molecule has 2 rings (SSSR count). The lowest BCUT2D eigenvalue weighted by Gasteiger charge is -2.40. The Bertz CT molecular complexity index is 283. The summed E-state index contributed by atoms with van der Waals surface area (Å²) >= 11 is 0. The summed E-state index contributed by atoms with van der Waals surface area (Å²) in [6.45, 7) is 8.66. The van der Waals surface area contributed by atoms with Gasteiger partial charge in [-0.3, -0.25) is 4.79 Å². The number of rotatable bonds is 1. The highest BCUT2D eigenvalue weighted by Gasteiger charge is 2.33. The lowest BCUT2D eigenvalue weighted by molar-refractivity contribution is -0.148. The standard InChI is InChI=1S/C13H24N2O2/c1-9-6-12(4-5-14-9)13(16)15-7-11(3)17-8-10(15)2/h9-12,14H,4-8H2,1-3H3. The van der Waals surface area contributed by atoms with Gasteiger partial charge in [0.05, 0.1) is 18.8 Å². The van der Waals surface area contributed by atoms with Gasteiger partial charge in [0.1, 0.15) is 0 Å². The van der Waals surface area contributed by atoms with Crippen molar-refractivity contribution in [1.29, 1.82) is 0 Å². The molecule has 0 aromatic heterocycles. The molecule has 2 fully saturated rings. The SMILES string of the molecule is CC1CC(C(=O)N2CC(C)OCC2C)CCN1. The Hall–Kier alpha value is -0.610. The van der Waals surface area contributed by atoms with Crippen LogP contribution >= 0.6 is 0 Å². The number of amides is 1. The predicted molar refractivity (Wildman–Crippen MR) is 66.8 cm³/mol. The summed E-state index contributed by atoms with van der Waals surface area (Å²) in [6, 6.07) is 0.690. The van der Waals surface area contributed by atoms with Crippen LogP contribution in [-0.4, -0.2) is 48.7 Å². The monoisotopic (exact) mass is 240 g/mol. The van der Waals surface area contributed by atoms with Crippen LogP contribution in [0.4, 0.5) is 0 Å². The van der Waals surface area contributed by atoms with Gasteiger partial charge in [-0.2, -0.15) is 0 Å². The maximum absolute atomic E-state index is 12.5. The highest BCUT2D eigenvalue weighted by atomic mass is 16.5. The second kappa shape index (κ2) is 5.36. The fourth-order valence-corrected chi connectivity index (χ4v) is 2.80. The Morgan fingerprint density at radius 2 is 2.12 bits per heavy atom. The topological polar surface area (TPSA) is 41.6 Å². The molecule has 0 saturated carbocycles. The van der Waals surface area contributed by atoms with Crippen molar-refractivity contribution in [3.63, 3.8) is 0 Å². The molecule has 1 N–H and O–H groups in total. The van der Waals surface area contributed by atoms with Gasteiger partial charge in [-0.15, -0.1) is 0 Å². The average Bonchev–Trinajstić information content (AvgIpc) is 2.31. The zero-order valence-electron chi connectivity index (χ0n) is 11.1. The van der Waals surface area contributed by atoms with Gasteiger partial charge >= 0.3 is 0 Å². The van der Waals surface area contributed by atoms with Crippen molar-refractivity contribution in [2.45, 2.75) is 51.8 Å². The first-order chi connectivity index (χ1) is 8.08. The number of hydrogen-bond donors (Lipinski definition) is 1. The van der Waals surface area contributed by atoms with E-state index in [9.17, 15) is 4.79 Å². The molecule has 2 heterocycles. The minimum absolute atomic E-state index is 0.175. The molecule has 17 heavy (non-hydrogen) atoms. The van der Waals surface area contributed by atoms with Crippen LogP contribution in [0.25, 0.3) is 0 Å². The Labute approximate surface area is 104 Å². The fourth-order valence-electron chi connectivity index (χ4n) is 2.80. The average molecular weight is 240 g/mol. The van der Waals surface area contributed by atoms with Gasteiger partial charge in [-0.1, -0.05) is 0 Å². The number of nitrogens with zero attached hydrogens (tertiary/aromatic N) is 1. The van der Waals surface area contributed by atoms with E-state index in [1.54, 1.807) is 0 Å². The van der Waals surface area contributed by atoms with E-state index in [0.29, 0.717) is 18.6 Å². The Morgan fingerprint density at radius 1 is 1.35 bits per heavy atom. The Morgan fingerprint density at radius 3 is 2.82 bits per heavy atom. The van der Waals surface area contributed by atoms with Gasteiger partial charge in [-0.25, -0.2) is 0 Å². The quantitative estimate of drug-likeness (QED) is 0.744. The number of piperidine rings is 1. The molecule has 98 valence electrons. The maximum Gasteiger partial charge on any atom is 0.226 e. The first-order valence-corrected chi connectivity index (χ1v) is 6.73. The smallest absolute Gasteiger partial charge is 0.226 e. The van der Waals surface area contributed by atoms with E-state index >= 15 is 0 Å². The van der Waals surface area contributed by atoms with E-state index in [-0.39, 0.29) is 18.1 Å². The molecule has 0 spiro atoms. The highest BCUT2D eigenvalue weighted by molar-refractivity contribution is 5.79. The first kappa shape index (κ1) is 12.8. The molecule has 1 amide bonds. The van der Waals surface area contributed by atoms with E-state index in [1.165, 1.54) is 0 Å². The van der Waals surface area contributed by atoms with Gasteiger partial charge in [0.2, 0.25) is 5.91 Å². The van der Waals surface area contributed by atoms with E-state index in [2.05, 4.69) is 19.2 Å². The van der Waals surface area contributed by atoms with Gasteiger partial charge in [0.15, 0.2) is 0 Å². The normalized spacial score (nSPS) is 39.1. The van der Waals surface area contributed by atoms with Crippen LogP contribution in [0.1, 0.15) is 33.6 Å². The minimum Gasteiger partial charge on any atom is -0.375 e. The van der Waals surface area contributed by atoms with Crippen molar-refractivity contribution in [2.24, 2.45) is 5.92 Å². The lowest BCUT2D eigenvalue weighted by atomic mass is 9.91. The largest absolute Gasteiger partial charge is 0.375 e. The fraction of sp³-hybridized carbons (Fsp3) is 0.923. The van der Waals surface area contributed by atoms with Crippen LogP contribution in [0.5, 0.6) is 0 Å². The zero-order chi connectivity index (χ0) is 12.4. The molecule has 4 nitrogen and oxygen atoms in total. The summed E-state index contributed by atoms with van der Waals surface area (Å²) in [5, 5.41) is 3.39. The molecule has 4 unspecified atom stereocenters. The van der Waals surface area contributed by atoms with Crippen molar-refractivity contribution < 1.29 is 9.53 Å². The predicted octanol–water partition coefficient (Wildman–Crippen LogP) is 1.01. The number of nitrogens with one attached hydrogen (secondary N) is 1. The van der Waals surface area contributed by atoms with Crippen LogP contribution in [0, 0.1) is 5.92 Å². The third-order valence-corrected chi connectivity index (χ3v) is 3.86. The van der Waals surface area contributed by atoms with Crippen molar-refractivity contribution in [2.75, 3.05) is 19.7 Å². The van der Waals surface area contributed by atoms with E-state index in [1.807, 2.05) is 11.8 Å². The van der Waals surface area contributed by atoms with Crippen molar-refractivity contribution in [1.82, 2.24) is 10.2 Å². The number of carbonyl (C=O) groups is 1. The molecule has 0 aromatic rings. The van der Waals surface area contributed by atoms with E-state index in [4.69, 9.17) is 4.74 Å². The minimum atomic E-state index is 0.175. The summed E-state index contributed by atoms with van der Waals surface area (Å²) < 4.78 is 5.57. The summed E-state index contributed by atoms with van der Waals surface area (Å²) in [5.74, 6) is 0.542. The number of carbonyl (C=O) groups excluding carboxylic acids is 1. The molecule has 0 aliphatic carbocycles. The van der Waals surface area contributed by atoms with Gasteiger partial charge < -0.3 is 15.0 Å². The zero-order valence-corrected chi connectivity index (χ0v) is 11.1. The molecule has 2 aliphatic rings. The highest BCUT2D eigenvalue weighted by Crippen LogP contribution is 2.22. The van der Waals surface area contributed by atoms with Crippen LogP contribution in [-0.2, 0) is 9.53 Å². The molecular formula is C13H24N2O2. The molecular weight excluding hydrogens is 216 g/mol. The summed E-state index contributed by atoms with van der Waals surface area (Å²) in [7, 11) is 0. The van der Waals surface area contributed by atoms with Crippen LogP contribution in [0.2, 0.25) is 0 Å². The molecule has 0 radical (unpaired) electrons. The van der Waals surface area contributed by atoms with Gasteiger partial charge in [0, 0.05) is 18.5 Å².